The van der Waals surface area contributed by atoms with Crippen LogP contribution in [0.4, 0.5) is 10.1 Å². The number of anilines is 1. The quantitative estimate of drug-likeness (QED) is 0.894. The summed E-state index contributed by atoms with van der Waals surface area (Å²) in [4.78, 5) is 2.20. The largest absolute Gasteiger partial charge is 0.389 e. The monoisotopic (exact) mass is 267 g/mol. The Morgan fingerprint density at radius 3 is 2.68 bits per heavy atom. The van der Waals surface area contributed by atoms with Gasteiger partial charge in [-0.3, -0.25) is 0 Å². The number of morpholine rings is 1. The van der Waals surface area contributed by atoms with Gasteiger partial charge in [-0.05, 0) is 45.4 Å². The van der Waals surface area contributed by atoms with Gasteiger partial charge < -0.3 is 14.7 Å². The molecule has 1 atom stereocenters. The number of benzene rings is 1. The van der Waals surface area contributed by atoms with Gasteiger partial charge in [-0.2, -0.15) is 0 Å². The van der Waals surface area contributed by atoms with Crippen LogP contribution in [0.5, 0.6) is 0 Å². The topological polar surface area (TPSA) is 32.7 Å². The summed E-state index contributed by atoms with van der Waals surface area (Å²) in [6, 6.07) is 3.27. The highest BCUT2D eigenvalue weighted by Crippen LogP contribution is 2.34. The van der Waals surface area contributed by atoms with E-state index in [-0.39, 0.29) is 11.4 Å². The number of aryl methyl sites for hydroxylation is 1. The van der Waals surface area contributed by atoms with Crippen molar-refractivity contribution >= 4 is 5.69 Å². The zero-order valence-corrected chi connectivity index (χ0v) is 12.0. The fourth-order valence-corrected chi connectivity index (χ4v) is 2.55. The van der Waals surface area contributed by atoms with E-state index in [9.17, 15) is 9.50 Å². The van der Waals surface area contributed by atoms with Crippen molar-refractivity contribution in [1.29, 1.82) is 0 Å². The second-order valence-electron chi connectivity index (χ2n) is 5.85. The average molecular weight is 267 g/mol. The maximum atomic E-state index is 13.7. The van der Waals surface area contributed by atoms with E-state index in [2.05, 4.69) is 18.7 Å². The highest BCUT2D eigenvalue weighted by atomic mass is 19.1. The zero-order valence-electron chi connectivity index (χ0n) is 12.0. The van der Waals surface area contributed by atoms with Gasteiger partial charge in [-0.15, -0.1) is 0 Å². The van der Waals surface area contributed by atoms with Gasteiger partial charge in [0.15, 0.2) is 0 Å². The fraction of sp³-hybridized carbons (Fsp3) is 0.600. The second kappa shape index (κ2) is 5.10. The van der Waals surface area contributed by atoms with Crippen LogP contribution in [0.25, 0.3) is 0 Å². The Hall–Kier alpha value is -1.13. The molecule has 1 heterocycles. The number of ether oxygens (including phenoxy) is 1. The Balaban J connectivity index is 2.51. The molecule has 1 N–H and O–H groups in total. The normalized spacial score (nSPS) is 20.4. The molecule has 106 valence electrons. The number of rotatable bonds is 2. The smallest absolute Gasteiger partial charge is 0.126 e. The minimum Gasteiger partial charge on any atom is -0.389 e. The molecule has 19 heavy (non-hydrogen) atoms. The van der Waals surface area contributed by atoms with E-state index in [4.69, 9.17) is 4.74 Å². The van der Waals surface area contributed by atoms with Crippen LogP contribution >= 0.6 is 0 Å². The molecule has 0 unspecified atom stereocenters. The fourth-order valence-electron chi connectivity index (χ4n) is 2.55. The summed E-state index contributed by atoms with van der Waals surface area (Å²) in [5, 5.41) is 9.90. The Kier molecular flexibility index (Phi) is 3.83. The second-order valence-corrected chi connectivity index (χ2v) is 5.85. The van der Waals surface area contributed by atoms with Crippen LogP contribution in [0.15, 0.2) is 12.1 Å². The summed E-state index contributed by atoms with van der Waals surface area (Å²) in [7, 11) is 0. The van der Waals surface area contributed by atoms with Gasteiger partial charge >= 0.3 is 0 Å². The van der Waals surface area contributed by atoms with E-state index < -0.39 is 6.10 Å². The minimum absolute atomic E-state index is 0.161. The van der Waals surface area contributed by atoms with Crippen molar-refractivity contribution < 1.29 is 14.2 Å². The van der Waals surface area contributed by atoms with Crippen molar-refractivity contribution in [2.45, 2.75) is 39.3 Å². The van der Waals surface area contributed by atoms with Gasteiger partial charge in [-0.1, -0.05) is 0 Å². The molecule has 0 spiro atoms. The van der Waals surface area contributed by atoms with E-state index in [1.54, 1.807) is 13.8 Å². The van der Waals surface area contributed by atoms with Crippen molar-refractivity contribution in [2.75, 3.05) is 24.7 Å². The third kappa shape index (κ3) is 2.74. The first-order valence-corrected chi connectivity index (χ1v) is 6.66. The zero-order chi connectivity index (χ0) is 14.2. The molecule has 0 radical (unpaired) electrons. The lowest BCUT2D eigenvalue weighted by Gasteiger charge is -2.45. The Morgan fingerprint density at radius 1 is 1.42 bits per heavy atom. The molecular formula is C15H22FNO2. The average Bonchev–Trinajstić information content (AvgIpc) is 2.31. The van der Waals surface area contributed by atoms with Crippen LogP contribution in [0.2, 0.25) is 0 Å². The lowest BCUT2D eigenvalue weighted by molar-refractivity contribution is 0.0639. The maximum absolute atomic E-state index is 13.7. The molecule has 1 saturated heterocycles. The number of nitrogens with zero attached hydrogens (tertiary/aromatic N) is 1. The van der Waals surface area contributed by atoms with E-state index >= 15 is 0 Å². The van der Waals surface area contributed by atoms with E-state index in [0.717, 1.165) is 12.2 Å². The molecule has 0 saturated carbocycles. The molecule has 2 rings (SSSR count). The summed E-state index contributed by atoms with van der Waals surface area (Å²) in [6.45, 7) is 9.63. The van der Waals surface area contributed by atoms with Gasteiger partial charge in [0.25, 0.3) is 0 Å². The summed E-state index contributed by atoms with van der Waals surface area (Å²) in [5.74, 6) is -0.272. The first-order valence-electron chi connectivity index (χ1n) is 6.66. The summed E-state index contributed by atoms with van der Waals surface area (Å²) in [6.07, 6.45) is -0.691. The van der Waals surface area contributed by atoms with Crippen LogP contribution in [0, 0.1) is 12.7 Å². The number of halogens is 1. The van der Waals surface area contributed by atoms with Gasteiger partial charge in [0.2, 0.25) is 0 Å². The van der Waals surface area contributed by atoms with Crippen molar-refractivity contribution in [3.8, 4) is 0 Å². The van der Waals surface area contributed by atoms with E-state index in [1.165, 1.54) is 6.07 Å². The molecule has 0 aliphatic carbocycles. The van der Waals surface area contributed by atoms with Crippen molar-refractivity contribution in [3.63, 3.8) is 0 Å². The van der Waals surface area contributed by atoms with Crippen molar-refractivity contribution in [3.05, 3.63) is 29.1 Å². The molecule has 1 aromatic rings. The highest BCUT2D eigenvalue weighted by molar-refractivity contribution is 5.58. The third-order valence-electron chi connectivity index (χ3n) is 3.69. The predicted octanol–water partition coefficient (Wildman–Crippen LogP) is 2.80. The van der Waals surface area contributed by atoms with Gasteiger partial charge in [0.1, 0.15) is 5.82 Å². The van der Waals surface area contributed by atoms with Gasteiger partial charge in [0.05, 0.1) is 24.9 Å². The van der Waals surface area contributed by atoms with Crippen LogP contribution in [0.1, 0.15) is 38.0 Å². The maximum Gasteiger partial charge on any atom is 0.126 e. The molecule has 4 heteroatoms. The first kappa shape index (κ1) is 14.3. The Morgan fingerprint density at radius 2 is 2.11 bits per heavy atom. The van der Waals surface area contributed by atoms with E-state index in [1.807, 2.05) is 6.07 Å². The molecule has 1 aromatic carbocycles. The molecular weight excluding hydrogens is 245 g/mol. The SMILES string of the molecule is Cc1cc(N2CCOCC2(C)C)c([C@@H](C)O)cc1F. The van der Waals surface area contributed by atoms with Crippen molar-refractivity contribution in [2.24, 2.45) is 0 Å². The van der Waals surface area contributed by atoms with Crippen molar-refractivity contribution in [1.82, 2.24) is 0 Å². The summed E-state index contributed by atoms with van der Waals surface area (Å²) in [5.41, 5.74) is 1.98. The number of hydrogen-bond donors (Lipinski definition) is 1. The highest BCUT2D eigenvalue weighted by Gasteiger charge is 2.32. The van der Waals surface area contributed by atoms with Crippen LogP contribution in [0.3, 0.4) is 0 Å². The predicted molar refractivity (Wildman–Crippen MR) is 74.0 cm³/mol. The Labute approximate surface area is 114 Å². The standard InChI is InChI=1S/C15H22FNO2/c1-10-7-14(12(11(2)18)8-13(10)16)17-5-6-19-9-15(17,3)4/h7-8,11,18H,5-6,9H2,1-4H3/t11-/m1/s1. The van der Waals surface area contributed by atoms with E-state index in [0.29, 0.717) is 24.3 Å². The lowest BCUT2D eigenvalue weighted by Crippen LogP contribution is -2.53. The molecule has 0 amide bonds. The summed E-state index contributed by atoms with van der Waals surface area (Å²) >= 11 is 0. The summed E-state index contributed by atoms with van der Waals surface area (Å²) < 4.78 is 19.2. The van der Waals surface area contributed by atoms with Crippen LogP contribution in [-0.2, 0) is 4.74 Å². The third-order valence-corrected chi connectivity index (χ3v) is 3.69. The molecule has 3 nitrogen and oxygen atoms in total. The number of aliphatic hydroxyl groups is 1. The Bertz CT molecular complexity index is 471. The molecule has 1 aliphatic heterocycles. The van der Waals surface area contributed by atoms with Gasteiger partial charge in [-0.25, -0.2) is 4.39 Å². The number of aliphatic hydroxyl groups excluding tert-OH is 1. The van der Waals surface area contributed by atoms with Crippen LogP contribution < -0.4 is 4.90 Å². The molecule has 0 aromatic heterocycles. The van der Waals surface area contributed by atoms with Gasteiger partial charge in [0, 0.05) is 17.8 Å². The first-order chi connectivity index (χ1) is 8.83. The number of hydrogen-bond acceptors (Lipinski definition) is 3. The lowest BCUT2D eigenvalue weighted by atomic mass is 9.97. The molecule has 0 bridgehead atoms. The van der Waals surface area contributed by atoms with Crippen LogP contribution in [-0.4, -0.2) is 30.4 Å². The minimum atomic E-state index is -0.691. The molecule has 1 fully saturated rings. The molecule has 1 aliphatic rings.